The number of aromatic nitrogens is 1. The second kappa shape index (κ2) is 3.01. The highest BCUT2D eigenvalue weighted by molar-refractivity contribution is 9.10. The fraction of sp³-hybridized carbons (Fsp3) is 0.286. The molecule has 0 N–H and O–H groups in total. The van der Waals surface area contributed by atoms with Gasteiger partial charge in [-0.2, -0.15) is 0 Å². The lowest BCUT2D eigenvalue weighted by atomic mass is 10.4. The van der Waals surface area contributed by atoms with Crippen LogP contribution in [0.25, 0.3) is 0 Å². The number of hydrogen-bond donors (Lipinski definition) is 0. The van der Waals surface area contributed by atoms with Gasteiger partial charge in [0.15, 0.2) is 0 Å². The minimum atomic E-state index is -3.08. The van der Waals surface area contributed by atoms with Crippen molar-refractivity contribution in [1.82, 2.24) is 4.98 Å². The molecule has 1 aromatic rings. The second-order valence-corrected chi connectivity index (χ2v) is 2.20. The van der Waals surface area contributed by atoms with E-state index < -0.39 is 37.9 Å². The Labute approximate surface area is 81.7 Å². The Morgan fingerprint density at radius 3 is 3.20 bits per heavy atom. The topological polar surface area (TPSA) is 16.1 Å². The van der Waals surface area contributed by atoms with Crippen molar-refractivity contribution in [3.8, 4) is 0 Å². The average molecular weight is 210 g/mol. The molecule has 0 saturated carbocycles. The Morgan fingerprint density at radius 1 is 1.70 bits per heavy atom. The molecule has 0 radical (unpaired) electrons. The lowest BCUT2D eigenvalue weighted by Gasteiger charge is -2.10. The van der Waals surface area contributed by atoms with Crippen molar-refractivity contribution in [2.24, 2.45) is 0 Å². The first kappa shape index (κ1) is 1.97. The molecule has 0 fully saturated rings. The quantitative estimate of drug-likeness (QED) is 0.658. The Kier molecular flexibility index (Phi) is 0.594. The smallest absolute Gasteiger partial charge is 0.106 e. The van der Waals surface area contributed by atoms with Gasteiger partial charge in [0.1, 0.15) is 4.60 Å². The van der Waals surface area contributed by atoms with Crippen molar-refractivity contribution in [2.75, 3.05) is 18.9 Å². The van der Waals surface area contributed by atoms with E-state index in [9.17, 15) is 0 Å². The molecular weight excluding hydrogens is 192 g/mol. The predicted octanol–water partition coefficient (Wildman–Crippen LogP) is 1.91. The molecule has 0 aliphatic heterocycles. The van der Waals surface area contributed by atoms with Gasteiger partial charge in [0.2, 0.25) is 0 Å². The number of anilines is 1. The molecule has 0 unspecified atom stereocenters. The van der Waals surface area contributed by atoms with Crippen LogP contribution in [0.15, 0.2) is 22.9 Å². The number of halogens is 1. The van der Waals surface area contributed by atoms with Gasteiger partial charge in [-0.15, -0.1) is 0 Å². The van der Waals surface area contributed by atoms with Gasteiger partial charge in [0, 0.05) is 22.2 Å². The summed E-state index contributed by atoms with van der Waals surface area (Å²) < 4.78 is 66.0. The van der Waals surface area contributed by atoms with E-state index in [1.54, 1.807) is 0 Å². The second-order valence-electron chi connectivity index (χ2n) is 1.45. The molecule has 1 heterocycles. The minimum Gasteiger partial charge on any atom is -0.376 e. The van der Waals surface area contributed by atoms with Gasteiger partial charge in [0.05, 0.1) is 16.0 Å². The summed E-state index contributed by atoms with van der Waals surface area (Å²) in [5.74, 6) is 0. The molecule has 0 bridgehead atoms. The molecule has 0 saturated heterocycles. The molecule has 54 valence electrons. The first-order valence-electron chi connectivity index (χ1n) is 6.81. The molecule has 3 heteroatoms. The first-order chi connectivity index (χ1) is 8.37. The van der Waals surface area contributed by atoms with Gasteiger partial charge < -0.3 is 4.90 Å². The number of pyridine rings is 1. The van der Waals surface area contributed by atoms with Crippen LogP contribution in [0, 0.1) is 0 Å². The van der Waals surface area contributed by atoms with Gasteiger partial charge in [-0.05, 0) is 28.0 Å². The standard InChI is InChI=1S/C7H9BrN2/c1-10(2)6-3-4-7(8)9-5-6/h3-5H,1-2H3/i1D3,2D3,3D,4D,5D. The molecule has 0 aliphatic rings. The average Bonchev–Trinajstić information content (AvgIpc) is 2.17. The van der Waals surface area contributed by atoms with E-state index in [1.165, 1.54) is 0 Å². The number of rotatable bonds is 1. The van der Waals surface area contributed by atoms with Crippen LogP contribution in [0.2, 0.25) is 0 Å². The highest BCUT2D eigenvalue weighted by Gasteiger charge is 1.92. The van der Waals surface area contributed by atoms with E-state index in [0.717, 1.165) is 0 Å². The van der Waals surface area contributed by atoms with Crippen LogP contribution in [-0.4, -0.2) is 18.9 Å². The maximum Gasteiger partial charge on any atom is 0.106 e. The van der Waals surface area contributed by atoms with Crippen LogP contribution in [0.1, 0.15) is 12.3 Å². The van der Waals surface area contributed by atoms with Crippen LogP contribution < -0.4 is 4.90 Å². The molecule has 10 heavy (non-hydrogen) atoms. The van der Waals surface area contributed by atoms with Crippen LogP contribution >= 0.6 is 15.9 Å². The van der Waals surface area contributed by atoms with E-state index >= 15 is 0 Å². The van der Waals surface area contributed by atoms with E-state index in [4.69, 9.17) is 12.3 Å². The van der Waals surface area contributed by atoms with Gasteiger partial charge >= 0.3 is 0 Å². The maximum atomic E-state index is 7.65. The minimum absolute atomic E-state index is 0.0118. The first-order valence-corrected chi connectivity index (χ1v) is 3.10. The molecule has 2 nitrogen and oxygen atoms in total. The number of nitrogens with zero attached hydrogens (tertiary/aromatic N) is 2. The summed E-state index contributed by atoms with van der Waals surface area (Å²) in [7, 11) is 0. The SMILES string of the molecule is [2H]c1nc(Br)c([2H])c([2H])c1N(C([2H])([2H])[2H])C([2H])([2H])[2H]. The summed E-state index contributed by atoms with van der Waals surface area (Å²) in [6.07, 6.45) is -0.694. The van der Waals surface area contributed by atoms with Crippen LogP contribution in [0.5, 0.6) is 0 Å². The summed E-state index contributed by atoms with van der Waals surface area (Å²) in [5.41, 5.74) is -0.715. The van der Waals surface area contributed by atoms with Crippen molar-refractivity contribution in [1.29, 1.82) is 0 Å². The van der Waals surface area contributed by atoms with Crippen LogP contribution in [0.4, 0.5) is 5.69 Å². The fourth-order valence-corrected chi connectivity index (χ4v) is 0.562. The molecular formula is C7H9BrN2. The van der Waals surface area contributed by atoms with E-state index in [2.05, 4.69) is 20.9 Å². The molecule has 0 atom stereocenters. The summed E-state index contributed by atoms with van der Waals surface area (Å²) in [6, 6.07) is -1.16. The van der Waals surface area contributed by atoms with Crippen molar-refractivity contribution in [3.05, 3.63) is 22.9 Å². The Hall–Kier alpha value is -0.570. The highest BCUT2D eigenvalue weighted by Crippen LogP contribution is 2.11. The third kappa shape index (κ3) is 1.70. The normalized spacial score (nSPS) is 25.1. The van der Waals surface area contributed by atoms with Crippen molar-refractivity contribution in [3.63, 3.8) is 0 Å². The lowest BCUT2D eigenvalue weighted by Crippen LogP contribution is -2.08. The van der Waals surface area contributed by atoms with Gasteiger partial charge in [-0.1, -0.05) is 0 Å². The molecule has 0 amide bonds. The van der Waals surface area contributed by atoms with Crippen LogP contribution in [0.3, 0.4) is 0 Å². The van der Waals surface area contributed by atoms with E-state index in [-0.39, 0.29) is 9.50 Å². The van der Waals surface area contributed by atoms with Gasteiger partial charge in [-0.25, -0.2) is 4.98 Å². The fourth-order valence-electron chi connectivity index (χ4n) is 0.375. The van der Waals surface area contributed by atoms with Crippen LogP contribution in [-0.2, 0) is 0 Å². The molecule has 0 spiro atoms. The predicted molar refractivity (Wildman–Crippen MR) is 46.3 cm³/mol. The van der Waals surface area contributed by atoms with Gasteiger partial charge in [0.25, 0.3) is 0 Å². The zero-order chi connectivity index (χ0) is 15.2. The lowest BCUT2D eigenvalue weighted by molar-refractivity contribution is 1.10. The Bertz CT molecular complexity index is 481. The van der Waals surface area contributed by atoms with Crippen molar-refractivity contribution in [2.45, 2.75) is 0 Å². The summed E-state index contributed by atoms with van der Waals surface area (Å²) in [4.78, 5) is 3.50. The largest absolute Gasteiger partial charge is 0.376 e. The zero-order valence-corrected chi connectivity index (χ0v) is 6.36. The van der Waals surface area contributed by atoms with Gasteiger partial charge in [-0.3, -0.25) is 0 Å². The zero-order valence-electron chi connectivity index (χ0n) is 13.8. The summed E-state index contributed by atoms with van der Waals surface area (Å²) in [6.45, 7) is -6.17. The molecule has 0 aromatic carbocycles. The third-order valence-electron chi connectivity index (χ3n) is 0.768. The number of hydrogen-bond acceptors (Lipinski definition) is 2. The molecule has 1 rings (SSSR count). The summed E-state index contributed by atoms with van der Waals surface area (Å²) in [5, 5.41) is 0. The molecule has 0 aliphatic carbocycles. The third-order valence-corrected chi connectivity index (χ3v) is 1.14. The Balaban J connectivity index is 3.62. The van der Waals surface area contributed by atoms with Crippen molar-refractivity contribution < 1.29 is 12.3 Å². The highest BCUT2D eigenvalue weighted by atomic mass is 79.9. The maximum absolute atomic E-state index is 7.65. The van der Waals surface area contributed by atoms with E-state index in [1.807, 2.05) is 0 Å². The van der Waals surface area contributed by atoms with Crippen molar-refractivity contribution >= 4 is 21.6 Å². The summed E-state index contributed by atoms with van der Waals surface area (Å²) >= 11 is 2.84. The Morgan fingerprint density at radius 2 is 2.50 bits per heavy atom. The monoisotopic (exact) mass is 209 g/mol. The van der Waals surface area contributed by atoms with E-state index in [0.29, 0.717) is 0 Å². The molecule has 1 aromatic heterocycles.